The summed E-state index contributed by atoms with van der Waals surface area (Å²) in [6.45, 7) is 3.94. The van der Waals surface area contributed by atoms with Crippen LogP contribution in [0.2, 0.25) is 0 Å². The van der Waals surface area contributed by atoms with E-state index in [9.17, 15) is 5.11 Å². The summed E-state index contributed by atoms with van der Waals surface area (Å²) in [7, 11) is 0. The fraction of sp³-hybridized carbons (Fsp3) is 0.273. The van der Waals surface area contributed by atoms with E-state index in [0.29, 0.717) is 10.7 Å². The molecule has 0 saturated heterocycles. The van der Waals surface area contributed by atoms with E-state index in [-0.39, 0.29) is 17.5 Å². The van der Waals surface area contributed by atoms with Crippen molar-refractivity contribution in [3.05, 3.63) is 23.8 Å². The molecule has 1 aromatic carbocycles. The number of aromatic hydroxyl groups is 2. The minimum atomic E-state index is -0.183. The molecule has 0 amide bonds. The molecular weight excluding hydrogens is 238 g/mol. The first kappa shape index (κ1) is 13.2. The molecule has 0 bridgehead atoms. The van der Waals surface area contributed by atoms with Gasteiger partial charge in [0.25, 0.3) is 0 Å². The maximum atomic E-state index is 9.26. The van der Waals surface area contributed by atoms with E-state index in [4.69, 9.17) is 17.3 Å². The van der Waals surface area contributed by atoms with Gasteiger partial charge >= 0.3 is 0 Å². The highest BCUT2D eigenvalue weighted by Crippen LogP contribution is 2.23. The highest BCUT2D eigenvalue weighted by atomic mass is 32.1. The van der Waals surface area contributed by atoms with Crippen molar-refractivity contribution in [3.8, 4) is 11.5 Å². The number of phenolic OH excluding ortho intramolecular Hbond substituents is 2. The van der Waals surface area contributed by atoms with E-state index >= 15 is 0 Å². The molecule has 6 heteroatoms. The lowest BCUT2D eigenvalue weighted by molar-refractivity contribution is 0.403. The second-order valence-electron chi connectivity index (χ2n) is 3.75. The van der Waals surface area contributed by atoms with Crippen molar-refractivity contribution in [2.45, 2.75) is 19.9 Å². The van der Waals surface area contributed by atoms with Crippen molar-refractivity contribution in [1.82, 2.24) is 10.7 Å². The number of nitrogens with zero attached hydrogens (tertiary/aromatic N) is 1. The summed E-state index contributed by atoms with van der Waals surface area (Å²) in [4.78, 5) is 0. The molecule has 1 rings (SSSR count). The van der Waals surface area contributed by atoms with Gasteiger partial charge in [-0.1, -0.05) is 0 Å². The van der Waals surface area contributed by atoms with Gasteiger partial charge in [-0.15, -0.1) is 0 Å². The fourth-order valence-corrected chi connectivity index (χ4v) is 1.37. The Hall–Kier alpha value is -1.82. The second kappa shape index (κ2) is 6.05. The smallest absolute Gasteiger partial charge is 0.187 e. The topological polar surface area (TPSA) is 76.9 Å². The summed E-state index contributed by atoms with van der Waals surface area (Å²) < 4.78 is 0. The predicted octanol–water partition coefficient (Wildman–Crippen LogP) is 1.30. The van der Waals surface area contributed by atoms with Gasteiger partial charge in [0.15, 0.2) is 16.6 Å². The van der Waals surface area contributed by atoms with Gasteiger partial charge in [-0.25, -0.2) is 0 Å². The zero-order valence-electron chi connectivity index (χ0n) is 9.64. The molecule has 0 radical (unpaired) electrons. The standard InChI is InChI=1S/C11H15N3O2S/c1-7(2)13-11(17)14-12-6-8-3-4-9(15)10(16)5-8/h3-7,15-16H,1-2H3,(H2,13,14,17)/b12-6+. The minimum absolute atomic E-state index is 0.160. The Morgan fingerprint density at radius 2 is 2.06 bits per heavy atom. The lowest BCUT2D eigenvalue weighted by Crippen LogP contribution is -2.36. The third-order valence-electron chi connectivity index (χ3n) is 1.80. The van der Waals surface area contributed by atoms with Crippen molar-refractivity contribution in [3.63, 3.8) is 0 Å². The molecule has 0 aliphatic carbocycles. The van der Waals surface area contributed by atoms with Gasteiger partial charge in [-0.2, -0.15) is 5.10 Å². The predicted molar refractivity (Wildman–Crippen MR) is 71.4 cm³/mol. The average molecular weight is 253 g/mol. The van der Waals surface area contributed by atoms with Crippen molar-refractivity contribution in [2.75, 3.05) is 0 Å². The van der Waals surface area contributed by atoms with Crippen molar-refractivity contribution in [2.24, 2.45) is 5.10 Å². The van der Waals surface area contributed by atoms with Gasteiger partial charge in [0, 0.05) is 6.04 Å². The lowest BCUT2D eigenvalue weighted by atomic mass is 10.2. The molecule has 4 N–H and O–H groups in total. The Bertz CT molecular complexity index is 433. The van der Waals surface area contributed by atoms with Crippen molar-refractivity contribution < 1.29 is 10.2 Å². The quantitative estimate of drug-likeness (QED) is 0.283. The Balaban J connectivity index is 2.53. The zero-order chi connectivity index (χ0) is 12.8. The maximum absolute atomic E-state index is 9.26. The number of benzene rings is 1. The highest BCUT2D eigenvalue weighted by molar-refractivity contribution is 7.80. The molecule has 92 valence electrons. The largest absolute Gasteiger partial charge is 0.504 e. The number of phenols is 2. The second-order valence-corrected chi connectivity index (χ2v) is 4.15. The van der Waals surface area contributed by atoms with Gasteiger partial charge in [-0.05, 0) is 49.8 Å². The molecule has 0 heterocycles. The molecule has 0 spiro atoms. The molecule has 0 aromatic heterocycles. The van der Waals surface area contributed by atoms with Gasteiger partial charge in [-0.3, -0.25) is 5.43 Å². The SMILES string of the molecule is CC(C)NC(=S)N/N=C/c1ccc(O)c(O)c1. The Kier molecular flexibility index (Phi) is 4.71. The summed E-state index contributed by atoms with van der Waals surface area (Å²) in [5.41, 5.74) is 3.30. The van der Waals surface area contributed by atoms with Gasteiger partial charge in [0.1, 0.15) is 0 Å². The van der Waals surface area contributed by atoms with E-state index < -0.39 is 0 Å². The number of hydrogen-bond acceptors (Lipinski definition) is 4. The minimum Gasteiger partial charge on any atom is -0.504 e. The van der Waals surface area contributed by atoms with Crippen LogP contribution in [0, 0.1) is 0 Å². The molecule has 17 heavy (non-hydrogen) atoms. The van der Waals surface area contributed by atoms with E-state index in [1.165, 1.54) is 18.3 Å². The molecule has 0 aliphatic heterocycles. The Morgan fingerprint density at radius 1 is 1.35 bits per heavy atom. The molecular formula is C11H15N3O2S. The van der Waals surface area contributed by atoms with Crippen LogP contribution in [-0.2, 0) is 0 Å². The van der Waals surface area contributed by atoms with Crippen LogP contribution in [0.25, 0.3) is 0 Å². The van der Waals surface area contributed by atoms with Crippen LogP contribution >= 0.6 is 12.2 Å². The third kappa shape index (κ3) is 4.69. The van der Waals surface area contributed by atoms with E-state index in [2.05, 4.69) is 15.8 Å². The first-order valence-electron chi connectivity index (χ1n) is 5.10. The average Bonchev–Trinajstić information content (AvgIpc) is 2.22. The first-order chi connectivity index (χ1) is 7.99. The van der Waals surface area contributed by atoms with E-state index in [1.807, 2.05) is 13.8 Å². The van der Waals surface area contributed by atoms with Crippen molar-refractivity contribution in [1.29, 1.82) is 0 Å². The molecule has 0 unspecified atom stereocenters. The maximum Gasteiger partial charge on any atom is 0.187 e. The van der Waals surface area contributed by atoms with Crippen LogP contribution in [-0.4, -0.2) is 27.6 Å². The van der Waals surface area contributed by atoms with Gasteiger partial charge in [0.05, 0.1) is 6.21 Å². The van der Waals surface area contributed by atoms with E-state index in [1.54, 1.807) is 6.07 Å². The molecule has 0 atom stereocenters. The summed E-state index contributed by atoms with van der Waals surface area (Å²) in [5.74, 6) is -0.344. The molecule has 5 nitrogen and oxygen atoms in total. The Labute approximate surface area is 105 Å². The van der Waals surface area contributed by atoms with Gasteiger partial charge in [0.2, 0.25) is 0 Å². The summed E-state index contributed by atoms with van der Waals surface area (Å²) >= 11 is 4.97. The van der Waals surface area contributed by atoms with Crippen LogP contribution < -0.4 is 10.7 Å². The Morgan fingerprint density at radius 3 is 2.65 bits per heavy atom. The number of hydrogen-bond donors (Lipinski definition) is 4. The third-order valence-corrected chi connectivity index (χ3v) is 2.01. The lowest BCUT2D eigenvalue weighted by Gasteiger charge is -2.09. The van der Waals surface area contributed by atoms with Crippen molar-refractivity contribution >= 4 is 23.5 Å². The summed E-state index contributed by atoms with van der Waals surface area (Å²) in [6, 6.07) is 4.66. The normalized spacial score (nSPS) is 10.8. The molecule has 1 aromatic rings. The highest BCUT2D eigenvalue weighted by Gasteiger charge is 1.98. The number of rotatable bonds is 3. The zero-order valence-corrected chi connectivity index (χ0v) is 10.5. The summed E-state index contributed by atoms with van der Waals surface area (Å²) in [5, 5.41) is 25.7. The molecule has 0 aliphatic rings. The van der Waals surface area contributed by atoms with Crippen LogP contribution in [0.1, 0.15) is 19.4 Å². The number of thiocarbonyl (C=S) groups is 1. The summed E-state index contributed by atoms with van der Waals surface area (Å²) in [6.07, 6.45) is 1.49. The van der Waals surface area contributed by atoms with Crippen LogP contribution in [0.5, 0.6) is 11.5 Å². The fourth-order valence-electron chi connectivity index (χ4n) is 1.08. The molecule has 0 fully saturated rings. The number of hydrazone groups is 1. The van der Waals surface area contributed by atoms with E-state index in [0.717, 1.165) is 0 Å². The molecule has 0 saturated carbocycles. The van der Waals surface area contributed by atoms with Crippen LogP contribution in [0.3, 0.4) is 0 Å². The van der Waals surface area contributed by atoms with Gasteiger partial charge < -0.3 is 15.5 Å². The van der Waals surface area contributed by atoms with Crippen LogP contribution in [0.15, 0.2) is 23.3 Å². The monoisotopic (exact) mass is 253 g/mol. The first-order valence-corrected chi connectivity index (χ1v) is 5.51. The van der Waals surface area contributed by atoms with Crippen LogP contribution in [0.4, 0.5) is 0 Å². The number of nitrogens with one attached hydrogen (secondary N) is 2.